The molecule has 1 heterocycles. The molecule has 0 aliphatic carbocycles. The van der Waals surface area contributed by atoms with Gasteiger partial charge in [-0.3, -0.25) is 4.79 Å². The van der Waals surface area contributed by atoms with Crippen molar-refractivity contribution < 1.29 is 13.6 Å². The van der Waals surface area contributed by atoms with Crippen LogP contribution in [0.2, 0.25) is 0 Å². The highest BCUT2D eigenvalue weighted by Crippen LogP contribution is 2.19. The van der Waals surface area contributed by atoms with E-state index < -0.39 is 17.5 Å². The molecule has 0 unspecified atom stereocenters. The van der Waals surface area contributed by atoms with E-state index >= 15 is 0 Å². The average molecular weight is 240 g/mol. The van der Waals surface area contributed by atoms with Crippen LogP contribution in [0.5, 0.6) is 0 Å². The number of nitrogens with two attached hydrogens (primary N) is 1. The minimum Gasteiger partial charge on any atom is -0.338 e. The van der Waals surface area contributed by atoms with Gasteiger partial charge in [0.15, 0.2) is 0 Å². The molecule has 0 bridgehead atoms. The molecular formula is C12H14F2N2O. The Kier molecular flexibility index (Phi) is 3.38. The molecule has 17 heavy (non-hydrogen) atoms. The lowest BCUT2D eigenvalue weighted by Crippen LogP contribution is -2.30. The zero-order valence-corrected chi connectivity index (χ0v) is 9.33. The van der Waals surface area contributed by atoms with E-state index in [0.29, 0.717) is 19.6 Å². The van der Waals surface area contributed by atoms with Gasteiger partial charge in [0, 0.05) is 19.2 Å². The fourth-order valence-electron chi connectivity index (χ4n) is 2.04. The Morgan fingerprint density at radius 2 is 2.24 bits per heavy atom. The lowest BCUT2D eigenvalue weighted by Gasteiger charge is -2.16. The lowest BCUT2D eigenvalue weighted by atomic mass is 10.1. The van der Waals surface area contributed by atoms with Gasteiger partial charge in [0.2, 0.25) is 0 Å². The molecule has 1 aromatic rings. The van der Waals surface area contributed by atoms with Crippen LogP contribution in [0, 0.1) is 17.6 Å². The van der Waals surface area contributed by atoms with Gasteiger partial charge in [0.05, 0.1) is 5.56 Å². The van der Waals surface area contributed by atoms with Crippen LogP contribution >= 0.6 is 0 Å². The maximum absolute atomic E-state index is 13.4. The summed E-state index contributed by atoms with van der Waals surface area (Å²) in [6, 6.07) is 3.00. The number of benzene rings is 1. The Hall–Kier alpha value is -1.49. The molecule has 1 aromatic carbocycles. The van der Waals surface area contributed by atoms with Crippen molar-refractivity contribution in [3.63, 3.8) is 0 Å². The highest BCUT2D eigenvalue weighted by molar-refractivity contribution is 5.94. The molecule has 0 saturated carbocycles. The topological polar surface area (TPSA) is 46.3 Å². The first-order valence-corrected chi connectivity index (χ1v) is 5.56. The molecule has 92 valence electrons. The van der Waals surface area contributed by atoms with Crippen molar-refractivity contribution in [1.82, 2.24) is 4.90 Å². The van der Waals surface area contributed by atoms with Crippen LogP contribution in [0.15, 0.2) is 18.2 Å². The highest BCUT2D eigenvalue weighted by Gasteiger charge is 2.27. The Morgan fingerprint density at radius 1 is 1.47 bits per heavy atom. The van der Waals surface area contributed by atoms with Crippen molar-refractivity contribution in [2.75, 3.05) is 19.6 Å². The molecule has 2 rings (SSSR count). The molecule has 3 nitrogen and oxygen atoms in total. The van der Waals surface area contributed by atoms with Crippen LogP contribution in [0.25, 0.3) is 0 Å². The van der Waals surface area contributed by atoms with Gasteiger partial charge in [0.1, 0.15) is 11.6 Å². The summed E-state index contributed by atoms with van der Waals surface area (Å²) in [5.74, 6) is -1.60. The fourth-order valence-corrected chi connectivity index (χ4v) is 2.04. The lowest BCUT2D eigenvalue weighted by molar-refractivity contribution is 0.0783. The number of halogens is 2. The quantitative estimate of drug-likeness (QED) is 0.849. The molecule has 5 heteroatoms. The number of hydrogen-bond acceptors (Lipinski definition) is 2. The van der Waals surface area contributed by atoms with Crippen molar-refractivity contribution in [1.29, 1.82) is 0 Å². The zero-order chi connectivity index (χ0) is 12.4. The van der Waals surface area contributed by atoms with Gasteiger partial charge in [-0.15, -0.1) is 0 Å². The van der Waals surface area contributed by atoms with Crippen LogP contribution in [-0.2, 0) is 0 Å². The number of amides is 1. The first kappa shape index (κ1) is 12.0. The molecule has 1 fully saturated rings. The molecule has 1 amide bonds. The summed E-state index contributed by atoms with van der Waals surface area (Å²) in [5.41, 5.74) is 5.44. The molecule has 1 atom stereocenters. The molecule has 1 aliphatic rings. The Balaban J connectivity index is 2.15. The Morgan fingerprint density at radius 3 is 2.82 bits per heavy atom. The minimum atomic E-state index is -0.814. The van der Waals surface area contributed by atoms with Crippen LogP contribution in [0.4, 0.5) is 8.78 Å². The molecule has 2 N–H and O–H groups in total. The number of carbonyl (C=O) groups is 1. The fraction of sp³-hybridized carbons (Fsp3) is 0.417. The average Bonchev–Trinajstić information content (AvgIpc) is 2.76. The van der Waals surface area contributed by atoms with Crippen molar-refractivity contribution in [3.8, 4) is 0 Å². The van der Waals surface area contributed by atoms with E-state index in [9.17, 15) is 13.6 Å². The maximum Gasteiger partial charge on any atom is 0.256 e. The van der Waals surface area contributed by atoms with Gasteiger partial charge in [0.25, 0.3) is 5.91 Å². The monoisotopic (exact) mass is 240 g/mol. The Labute approximate surface area is 98.2 Å². The minimum absolute atomic E-state index is 0.0796. The second-order valence-corrected chi connectivity index (χ2v) is 4.27. The van der Waals surface area contributed by atoms with Crippen LogP contribution in [0.3, 0.4) is 0 Å². The second-order valence-electron chi connectivity index (χ2n) is 4.27. The van der Waals surface area contributed by atoms with Crippen LogP contribution in [-0.4, -0.2) is 30.4 Å². The van der Waals surface area contributed by atoms with E-state index in [1.54, 1.807) is 4.90 Å². The van der Waals surface area contributed by atoms with E-state index in [-0.39, 0.29) is 11.5 Å². The van der Waals surface area contributed by atoms with Gasteiger partial charge in [-0.05, 0) is 31.0 Å². The first-order valence-electron chi connectivity index (χ1n) is 5.56. The first-order chi connectivity index (χ1) is 8.11. The number of likely N-dealkylation sites (tertiary alicyclic amines) is 1. The van der Waals surface area contributed by atoms with Crippen molar-refractivity contribution in [2.45, 2.75) is 6.42 Å². The molecule has 1 aliphatic heterocycles. The van der Waals surface area contributed by atoms with Gasteiger partial charge in [-0.1, -0.05) is 0 Å². The summed E-state index contributed by atoms with van der Waals surface area (Å²) in [5, 5.41) is 0. The van der Waals surface area contributed by atoms with E-state index in [1.807, 2.05) is 0 Å². The number of nitrogens with zero attached hydrogens (tertiary/aromatic N) is 1. The summed E-state index contributed by atoms with van der Waals surface area (Å²) >= 11 is 0. The molecule has 0 radical (unpaired) electrons. The predicted octanol–water partition coefficient (Wildman–Crippen LogP) is 1.39. The summed E-state index contributed by atoms with van der Waals surface area (Å²) in [7, 11) is 0. The van der Waals surface area contributed by atoms with E-state index in [1.165, 1.54) is 6.07 Å². The van der Waals surface area contributed by atoms with Gasteiger partial charge >= 0.3 is 0 Å². The van der Waals surface area contributed by atoms with Crippen LogP contribution < -0.4 is 5.73 Å². The largest absolute Gasteiger partial charge is 0.338 e. The number of carbonyl (C=O) groups excluding carboxylic acids is 1. The zero-order valence-electron chi connectivity index (χ0n) is 9.33. The summed E-state index contributed by atoms with van der Waals surface area (Å²) < 4.78 is 26.1. The Bertz CT molecular complexity index is 437. The third-order valence-corrected chi connectivity index (χ3v) is 3.07. The molecule has 0 aromatic heterocycles. The van der Waals surface area contributed by atoms with Crippen molar-refractivity contribution in [2.24, 2.45) is 11.7 Å². The normalized spacial score (nSPS) is 19.7. The second kappa shape index (κ2) is 4.79. The number of hydrogen-bond donors (Lipinski definition) is 1. The SMILES string of the molecule is NC[C@H]1CCN(C(=O)c2ccc(F)cc2F)C1. The summed E-state index contributed by atoms with van der Waals surface area (Å²) in [4.78, 5) is 13.5. The van der Waals surface area contributed by atoms with Gasteiger partial charge in [-0.25, -0.2) is 8.78 Å². The van der Waals surface area contributed by atoms with Crippen molar-refractivity contribution in [3.05, 3.63) is 35.4 Å². The third-order valence-electron chi connectivity index (χ3n) is 3.07. The molecule has 0 spiro atoms. The van der Waals surface area contributed by atoms with E-state index in [4.69, 9.17) is 5.73 Å². The summed E-state index contributed by atoms with van der Waals surface area (Å²) in [6.07, 6.45) is 0.838. The summed E-state index contributed by atoms with van der Waals surface area (Å²) in [6.45, 7) is 1.65. The maximum atomic E-state index is 13.4. The molecule has 1 saturated heterocycles. The standard InChI is InChI=1S/C12H14F2N2O/c13-9-1-2-10(11(14)5-9)12(17)16-4-3-8(6-15)7-16/h1-2,5,8H,3-4,6-7,15H2/t8-/m1/s1. The van der Waals surface area contributed by atoms with E-state index in [0.717, 1.165) is 18.6 Å². The smallest absolute Gasteiger partial charge is 0.256 e. The third kappa shape index (κ3) is 2.44. The van der Waals surface area contributed by atoms with E-state index in [2.05, 4.69) is 0 Å². The van der Waals surface area contributed by atoms with Gasteiger partial charge < -0.3 is 10.6 Å². The van der Waals surface area contributed by atoms with Crippen molar-refractivity contribution >= 4 is 5.91 Å². The van der Waals surface area contributed by atoms with Gasteiger partial charge in [-0.2, -0.15) is 0 Å². The predicted molar refractivity (Wildman–Crippen MR) is 59.4 cm³/mol. The number of rotatable bonds is 2. The highest BCUT2D eigenvalue weighted by atomic mass is 19.1. The van der Waals surface area contributed by atoms with Crippen LogP contribution in [0.1, 0.15) is 16.8 Å². The molecular weight excluding hydrogens is 226 g/mol.